The lowest BCUT2D eigenvalue weighted by molar-refractivity contribution is -0.147. The molecule has 0 bridgehead atoms. The summed E-state index contributed by atoms with van der Waals surface area (Å²) >= 11 is 0. The highest BCUT2D eigenvalue weighted by Crippen LogP contribution is 2.14. The summed E-state index contributed by atoms with van der Waals surface area (Å²) in [7, 11) is 0. The van der Waals surface area contributed by atoms with Crippen LogP contribution in [0.4, 0.5) is 0 Å². The van der Waals surface area contributed by atoms with Gasteiger partial charge in [0.1, 0.15) is 6.10 Å². The van der Waals surface area contributed by atoms with Crippen LogP contribution in [0.1, 0.15) is 116 Å². The average Bonchev–Trinajstić information content (AvgIpc) is 2.58. The van der Waals surface area contributed by atoms with E-state index in [9.17, 15) is 4.79 Å². The smallest absolute Gasteiger partial charge is 0.306 e. The minimum atomic E-state index is -0.283. The quantitative estimate of drug-likeness (QED) is 0.195. The lowest BCUT2D eigenvalue weighted by Gasteiger charge is -2.10. The second-order valence-electron chi connectivity index (χ2n) is 7.10. The summed E-state index contributed by atoms with van der Waals surface area (Å²) in [6.45, 7) is 9.66. The molecule has 0 saturated heterocycles. The SMILES string of the molecule is [CH2]CC([CH2])OC(=O)CCCCCCCCCCCCCCCCC. The Morgan fingerprint density at radius 2 is 1.12 bits per heavy atom. The molecule has 0 aromatic heterocycles. The zero-order valence-electron chi connectivity index (χ0n) is 16.3. The molecule has 2 heteroatoms. The minimum absolute atomic E-state index is 0.117. The molecule has 0 spiro atoms. The second kappa shape index (κ2) is 18.8. The van der Waals surface area contributed by atoms with Gasteiger partial charge in [-0.15, -0.1) is 0 Å². The van der Waals surface area contributed by atoms with Crippen LogP contribution in [-0.4, -0.2) is 12.1 Å². The average molecular weight is 339 g/mol. The first-order chi connectivity index (χ1) is 11.7. The van der Waals surface area contributed by atoms with Crippen molar-refractivity contribution in [1.29, 1.82) is 0 Å². The van der Waals surface area contributed by atoms with Crippen LogP contribution in [0.25, 0.3) is 0 Å². The maximum atomic E-state index is 11.5. The molecule has 0 aliphatic carbocycles. The molecular weight excluding hydrogens is 296 g/mol. The summed E-state index contributed by atoms with van der Waals surface area (Å²) in [4.78, 5) is 11.5. The first kappa shape index (κ1) is 23.5. The Kier molecular flexibility index (Phi) is 18.4. The van der Waals surface area contributed by atoms with Crippen LogP contribution < -0.4 is 0 Å². The van der Waals surface area contributed by atoms with E-state index in [-0.39, 0.29) is 12.1 Å². The minimum Gasteiger partial charge on any atom is -0.462 e. The fraction of sp³-hybridized carbons (Fsp3) is 0.864. The van der Waals surface area contributed by atoms with Gasteiger partial charge in [-0.3, -0.25) is 4.79 Å². The Morgan fingerprint density at radius 3 is 1.50 bits per heavy atom. The maximum absolute atomic E-state index is 11.5. The first-order valence-electron chi connectivity index (χ1n) is 10.5. The van der Waals surface area contributed by atoms with Crippen molar-refractivity contribution in [1.82, 2.24) is 0 Å². The van der Waals surface area contributed by atoms with Crippen LogP contribution in [0.5, 0.6) is 0 Å². The summed E-state index contributed by atoms with van der Waals surface area (Å²) in [6, 6.07) is 0. The van der Waals surface area contributed by atoms with Gasteiger partial charge in [-0.1, -0.05) is 96.8 Å². The zero-order valence-corrected chi connectivity index (χ0v) is 16.3. The number of unbranched alkanes of at least 4 members (excludes halogenated alkanes) is 14. The van der Waals surface area contributed by atoms with E-state index in [1.54, 1.807) is 0 Å². The molecule has 0 aromatic rings. The van der Waals surface area contributed by atoms with Gasteiger partial charge in [0.05, 0.1) is 0 Å². The third-order valence-corrected chi connectivity index (χ3v) is 4.60. The largest absolute Gasteiger partial charge is 0.462 e. The van der Waals surface area contributed by atoms with E-state index in [1.807, 2.05) is 0 Å². The predicted molar refractivity (Wildman–Crippen MR) is 105 cm³/mol. The molecule has 0 rings (SSSR count). The summed E-state index contributed by atoms with van der Waals surface area (Å²) in [5.74, 6) is -0.117. The number of carbonyl (C=O) groups is 1. The van der Waals surface area contributed by atoms with Gasteiger partial charge in [-0.05, 0) is 26.7 Å². The Labute approximate surface area is 152 Å². The Hall–Kier alpha value is -0.530. The van der Waals surface area contributed by atoms with Gasteiger partial charge in [0.25, 0.3) is 0 Å². The van der Waals surface area contributed by atoms with Crippen molar-refractivity contribution >= 4 is 5.97 Å². The molecule has 0 N–H and O–H groups in total. The van der Waals surface area contributed by atoms with Gasteiger partial charge in [-0.25, -0.2) is 0 Å². The molecule has 0 heterocycles. The highest BCUT2D eigenvalue weighted by atomic mass is 16.5. The third kappa shape index (κ3) is 17.8. The van der Waals surface area contributed by atoms with E-state index in [0.717, 1.165) is 12.8 Å². The van der Waals surface area contributed by atoms with Gasteiger partial charge in [0.15, 0.2) is 0 Å². The summed E-state index contributed by atoms with van der Waals surface area (Å²) < 4.78 is 5.11. The number of rotatable bonds is 18. The molecule has 142 valence electrons. The number of esters is 1. The number of hydrogen-bond acceptors (Lipinski definition) is 2. The van der Waals surface area contributed by atoms with Crippen LogP contribution in [0, 0.1) is 13.8 Å². The predicted octanol–water partition coefficient (Wildman–Crippen LogP) is 7.22. The molecule has 1 unspecified atom stereocenters. The molecule has 1 atom stereocenters. The molecule has 0 aliphatic heterocycles. The third-order valence-electron chi connectivity index (χ3n) is 4.60. The van der Waals surface area contributed by atoms with Crippen LogP contribution in [-0.2, 0) is 9.53 Å². The monoisotopic (exact) mass is 338 g/mol. The number of ether oxygens (including phenoxy) is 1. The summed E-state index contributed by atoms with van der Waals surface area (Å²) in [5.41, 5.74) is 0. The van der Waals surface area contributed by atoms with Crippen molar-refractivity contribution in [3.63, 3.8) is 0 Å². The van der Waals surface area contributed by atoms with Crippen molar-refractivity contribution in [3.05, 3.63) is 13.8 Å². The fourth-order valence-corrected chi connectivity index (χ4v) is 2.94. The van der Waals surface area contributed by atoms with E-state index in [4.69, 9.17) is 4.74 Å². The van der Waals surface area contributed by atoms with E-state index in [0.29, 0.717) is 12.8 Å². The van der Waals surface area contributed by atoms with E-state index in [1.165, 1.54) is 83.5 Å². The topological polar surface area (TPSA) is 26.3 Å². The first-order valence-corrected chi connectivity index (χ1v) is 10.5. The zero-order chi connectivity index (χ0) is 17.9. The highest BCUT2D eigenvalue weighted by Gasteiger charge is 2.06. The molecule has 2 nitrogen and oxygen atoms in total. The normalized spacial score (nSPS) is 12.3. The van der Waals surface area contributed by atoms with Crippen molar-refractivity contribution < 1.29 is 9.53 Å². The van der Waals surface area contributed by atoms with Crippen molar-refractivity contribution in [2.45, 2.75) is 122 Å². The molecule has 0 fully saturated rings. The van der Waals surface area contributed by atoms with Gasteiger partial charge < -0.3 is 4.74 Å². The van der Waals surface area contributed by atoms with Gasteiger partial charge >= 0.3 is 5.97 Å². The molecule has 0 aromatic carbocycles. The Morgan fingerprint density at radius 1 is 0.750 bits per heavy atom. The van der Waals surface area contributed by atoms with Gasteiger partial charge in [0.2, 0.25) is 0 Å². The van der Waals surface area contributed by atoms with Crippen molar-refractivity contribution in [3.8, 4) is 0 Å². The Balaban J connectivity index is 3.11. The molecule has 0 amide bonds. The summed E-state index contributed by atoms with van der Waals surface area (Å²) in [5, 5.41) is 0. The van der Waals surface area contributed by atoms with Crippen molar-refractivity contribution in [2.24, 2.45) is 0 Å². The lowest BCUT2D eigenvalue weighted by atomic mass is 10.0. The maximum Gasteiger partial charge on any atom is 0.306 e. The molecule has 0 saturated carbocycles. The number of carbonyl (C=O) groups excluding carboxylic acids is 1. The van der Waals surface area contributed by atoms with Crippen LogP contribution in [0.2, 0.25) is 0 Å². The molecule has 0 aliphatic rings. The Bertz CT molecular complexity index is 263. The van der Waals surface area contributed by atoms with Crippen LogP contribution in [0.3, 0.4) is 0 Å². The van der Waals surface area contributed by atoms with E-state index >= 15 is 0 Å². The van der Waals surface area contributed by atoms with Gasteiger partial charge in [0, 0.05) is 6.42 Å². The molecule has 2 radical (unpaired) electrons. The van der Waals surface area contributed by atoms with Crippen LogP contribution in [0.15, 0.2) is 0 Å². The fourth-order valence-electron chi connectivity index (χ4n) is 2.94. The van der Waals surface area contributed by atoms with E-state index < -0.39 is 0 Å². The number of hydrogen-bond donors (Lipinski definition) is 0. The van der Waals surface area contributed by atoms with Gasteiger partial charge in [-0.2, -0.15) is 0 Å². The lowest BCUT2D eigenvalue weighted by Crippen LogP contribution is -2.13. The van der Waals surface area contributed by atoms with E-state index in [2.05, 4.69) is 20.8 Å². The van der Waals surface area contributed by atoms with Crippen LogP contribution >= 0.6 is 0 Å². The van der Waals surface area contributed by atoms with Crippen molar-refractivity contribution in [2.75, 3.05) is 0 Å². The highest BCUT2D eigenvalue weighted by molar-refractivity contribution is 5.69. The molecular formula is C22H42O2. The molecule has 24 heavy (non-hydrogen) atoms. The summed E-state index contributed by atoms with van der Waals surface area (Å²) in [6.07, 6.45) is 20.9. The standard InChI is InChI=1S/C22H42O2/c1-4-6-7-8-9-10-11-12-13-14-15-16-17-18-19-20-22(23)24-21(3)5-2/h21H,2-20H2,1H3. The second-order valence-corrected chi connectivity index (χ2v) is 7.10.